The number of sulfonamides is 1. The van der Waals surface area contributed by atoms with E-state index in [4.69, 9.17) is 10.1 Å². The number of hydrogen-bond acceptors (Lipinski definition) is 6. The van der Waals surface area contributed by atoms with Crippen molar-refractivity contribution in [3.8, 4) is 28.5 Å². The SMILES string of the molecule is CC(C)(C#N)c1ccc(-c2c3c(cnc4ccc(-c5cncc(NS(C)(=O)=O)c5)cc43)nn2Cc2ccccc2)cc1. The van der Waals surface area contributed by atoms with Crippen molar-refractivity contribution in [1.29, 1.82) is 5.26 Å². The molecule has 1 N–H and O–H groups in total. The second-order valence-electron chi connectivity index (χ2n) is 10.9. The molecule has 0 atom stereocenters. The monoisotopic (exact) mass is 572 g/mol. The van der Waals surface area contributed by atoms with Crippen LogP contribution in [0, 0.1) is 11.3 Å². The topological polar surface area (TPSA) is 114 Å². The van der Waals surface area contributed by atoms with Crippen molar-refractivity contribution in [3.63, 3.8) is 0 Å². The van der Waals surface area contributed by atoms with Gasteiger partial charge in [0.1, 0.15) is 5.52 Å². The number of pyridine rings is 2. The Morgan fingerprint density at radius 1 is 0.881 bits per heavy atom. The Kier molecular flexibility index (Phi) is 6.71. The zero-order valence-electron chi connectivity index (χ0n) is 23.4. The maximum Gasteiger partial charge on any atom is 0.229 e. The van der Waals surface area contributed by atoms with E-state index in [9.17, 15) is 13.7 Å². The molecule has 0 spiro atoms. The number of aromatic nitrogens is 4. The summed E-state index contributed by atoms with van der Waals surface area (Å²) in [5, 5.41) is 16.5. The Bertz CT molecular complexity index is 2100. The number of anilines is 1. The summed E-state index contributed by atoms with van der Waals surface area (Å²) in [6, 6.07) is 28.4. The number of benzene rings is 3. The largest absolute Gasteiger partial charge is 0.282 e. The van der Waals surface area contributed by atoms with E-state index in [1.807, 2.05) is 73.1 Å². The molecule has 0 fully saturated rings. The average molecular weight is 573 g/mol. The predicted molar refractivity (Wildman–Crippen MR) is 166 cm³/mol. The smallest absolute Gasteiger partial charge is 0.229 e. The Labute approximate surface area is 244 Å². The number of rotatable bonds is 7. The van der Waals surface area contributed by atoms with Crippen LogP contribution < -0.4 is 4.72 Å². The van der Waals surface area contributed by atoms with Crippen molar-refractivity contribution in [2.24, 2.45) is 0 Å². The zero-order valence-corrected chi connectivity index (χ0v) is 24.2. The molecule has 208 valence electrons. The van der Waals surface area contributed by atoms with Crippen LogP contribution in [0.2, 0.25) is 0 Å². The van der Waals surface area contributed by atoms with Gasteiger partial charge in [-0.1, -0.05) is 60.7 Å². The molecule has 0 aliphatic heterocycles. The summed E-state index contributed by atoms with van der Waals surface area (Å²) < 4.78 is 28.1. The van der Waals surface area contributed by atoms with Gasteiger partial charge < -0.3 is 0 Å². The van der Waals surface area contributed by atoms with Crippen LogP contribution >= 0.6 is 0 Å². The number of fused-ring (bicyclic) bond motifs is 3. The van der Waals surface area contributed by atoms with Gasteiger partial charge in [-0.05, 0) is 48.7 Å². The second kappa shape index (κ2) is 10.4. The molecule has 6 rings (SSSR count). The molecule has 0 saturated heterocycles. The number of hydrogen-bond donors (Lipinski definition) is 1. The van der Waals surface area contributed by atoms with Gasteiger partial charge in [0.25, 0.3) is 0 Å². The molecule has 0 bridgehead atoms. The summed E-state index contributed by atoms with van der Waals surface area (Å²) in [4.78, 5) is 8.96. The molecule has 0 saturated carbocycles. The third kappa shape index (κ3) is 5.32. The maximum absolute atomic E-state index is 11.8. The molecule has 3 aromatic heterocycles. The summed E-state index contributed by atoms with van der Waals surface area (Å²) >= 11 is 0. The normalized spacial score (nSPS) is 12.0. The molecule has 0 unspecified atom stereocenters. The van der Waals surface area contributed by atoms with Crippen molar-refractivity contribution >= 4 is 37.5 Å². The van der Waals surface area contributed by atoms with Crippen LogP contribution in [0.1, 0.15) is 25.0 Å². The molecule has 42 heavy (non-hydrogen) atoms. The van der Waals surface area contributed by atoms with E-state index in [2.05, 4.69) is 34.0 Å². The first-order chi connectivity index (χ1) is 20.1. The molecule has 8 nitrogen and oxygen atoms in total. The molecule has 3 heterocycles. The summed E-state index contributed by atoms with van der Waals surface area (Å²) in [5.41, 5.74) is 6.98. The molecule has 3 aromatic carbocycles. The van der Waals surface area contributed by atoms with Crippen LogP contribution in [-0.4, -0.2) is 34.4 Å². The molecule has 6 aromatic rings. The lowest BCUT2D eigenvalue weighted by Gasteiger charge is -2.16. The lowest BCUT2D eigenvalue weighted by molar-refractivity contribution is 0.607. The van der Waals surface area contributed by atoms with E-state index < -0.39 is 15.4 Å². The average Bonchev–Trinajstić information content (AvgIpc) is 3.35. The Balaban J connectivity index is 1.56. The van der Waals surface area contributed by atoms with E-state index in [1.54, 1.807) is 18.5 Å². The first kappa shape index (κ1) is 27.1. The maximum atomic E-state index is 11.8. The minimum Gasteiger partial charge on any atom is -0.282 e. The van der Waals surface area contributed by atoms with Gasteiger partial charge in [0.15, 0.2) is 0 Å². The Morgan fingerprint density at radius 2 is 1.62 bits per heavy atom. The van der Waals surface area contributed by atoms with E-state index in [1.165, 1.54) is 6.20 Å². The fourth-order valence-corrected chi connectivity index (χ4v) is 5.68. The summed E-state index contributed by atoms with van der Waals surface area (Å²) in [5.74, 6) is 0. The zero-order chi connectivity index (χ0) is 29.5. The van der Waals surface area contributed by atoms with Crippen LogP contribution in [0.25, 0.3) is 44.2 Å². The molecule has 0 aliphatic rings. The third-order valence-corrected chi connectivity index (χ3v) is 7.89. The number of nitrogens with one attached hydrogen (secondary N) is 1. The minimum absolute atomic E-state index is 0.392. The lowest BCUT2D eigenvalue weighted by Crippen LogP contribution is -2.13. The van der Waals surface area contributed by atoms with Gasteiger partial charge in [-0.25, -0.2) is 8.42 Å². The van der Waals surface area contributed by atoms with Gasteiger partial charge >= 0.3 is 0 Å². The van der Waals surface area contributed by atoms with Gasteiger partial charge in [0.05, 0.1) is 53.6 Å². The quantitative estimate of drug-likeness (QED) is 0.233. The van der Waals surface area contributed by atoms with E-state index >= 15 is 0 Å². The predicted octanol–water partition coefficient (Wildman–Crippen LogP) is 6.53. The van der Waals surface area contributed by atoms with Crippen LogP contribution in [0.4, 0.5) is 5.69 Å². The van der Waals surface area contributed by atoms with Gasteiger partial charge in [0.2, 0.25) is 10.0 Å². The second-order valence-corrected chi connectivity index (χ2v) is 12.6. The highest BCUT2D eigenvalue weighted by Crippen LogP contribution is 2.37. The third-order valence-electron chi connectivity index (χ3n) is 7.28. The van der Waals surface area contributed by atoms with Crippen LogP contribution in [0.5, 0.6) is 0 Å². The molecule has 0 amide bonds. The van der Waals surface area contributed by atoms with Gasteiger partial charge in [-0.2, -0.15) is 10.4 Å². The van der Waals surface area contributed by atoms with Crippen LogP contribution in [-0.2, 0) is 22.0 Å². The fourth-order valence-electron chi connectivity index (χ4n) is 5.14. The van der Waals surface area contributed by atoms with Crippen molar-refractivity contribution in [2.45, 2.75) is 25.8 Å². The van der Waals surface area contributed by atoms with E-state index in [-0.39, 0.29) is 0 Å². The van der Waals surface area contributed by atoms with Crippen molar-refractivity contribution in [3.05, 3.63) is 109 Å². The standard InChI is InChI=1S/C33H28N6O2S/c1-33(2,21-34)26-12-9-23(10-13-26)32-31-28-16-24(25-15-27(18-35-17-25)38-42(3,40)41)11-14-29(28)36-19-30(31)37-39(32)20-22-7-5-4-6-8-22/h4-19,38H,20H2,1-3H3. The summed E-state index contributed by atoms with van der Waals surface area (Å²) in [7, 11) is -3.44. The van der Waals surface area contributed by atoms with Crippen LogP contribution in [0.15, 0.2) is 97.5 Å². The molecule has 0 radical (unpaired) electrons. The molecule has 9 heteroatoms. The van der Waals surface area contributed by atoms with Gasteiger partial charge in [-0.15, -0.1) is 0 Å². The Hall–Kier alpha value is -5.07. The summed E-state index contributed by atoms with van der Waals surface area (Å²) in [6.07, 6.45) is 6.10. The lowest BCUT2D eigenvalue weighted by atomic mass is 9.85. The number of nitrogens with zero attached hydrogens (tertiary/aromatic N) is 5. The minimum atomic E-state index is -3.44. The fraction of sp³-hybridized carbons (Fsp3) is 0.152. The van der Waals surface area contributed by atoms with E-state index in [0.717, 1.165) is 61.6 Å². The van der Waals surface area contributed by atoms with E-state index in [0.29, 0.717) is 12.2 Å². The first-order valence-corrected chi connectivity index (χ1v) is 15.3. The summed E-state index contributed by atoms with van der Waals surface area (Å²) in [6.45, 7) is 4.39. The molecule has 0 aliphatic carbocycles. The highest BCUT2D eigenvalue weighted by atomic mass is 32.2. The van der Waals surface area contributed by atoms with Gasteiger partial charge in [-0.3, -0.25) is 19.4 Å². The van der Waals surface area contributed by atoms with Crippen molar-refractivity contribution in [1.82, 2.24) is 19.7 Å². The van der Waals surface area contributed by atoms with Gasteiger partial charge in [0, 0.05) is 28.1 Å². The number of nitriles is 1. The molecular weight excluding hydrogens is 544 g/mol. The van der Waals surface area contributed by atoms with Crippen molar-refractivity contribution in [2.75, 3.05) is 11.0 Å². The highest BCUT2D eigenvalue weighted by Gasteiger charge is 2.22. The van der Waals surface area contributed by atoms with Crippen molar-refractivity contribution < 1.29 is 8.42 Å². The highest BCUT2D eigenvalue weighted by molar-refractivity contribution is 7.92. The molecular formula is C33H28N6O2S. The Morgan fingerprint density at radius 3 is 2.33 bits per heavy atom. The first-order valence-electron chi connectivity index (χ1n) is 13.4. The van der Waals surface area contributed by atoms with Crippen LogP contribution in [0.3, 0.4) is 0 Å².